The summed E-state index contributed by atoms with van der Waals surface area (Å²) in [6.45, 7) is 3.73. The van der Waals surface area contributed by atoms with Crippen molar-refractivity contribution in [1.29, 1.82) is 0 Å². The summed E-state index contributed by atoms with van der Waals surface area (Å²) in [4.78, 5) is 16.7. The van der Waals surface area contributed by atoms with Crippen molar-refractivity contribution in [2.24, 2.45) is 5.92 Å². The van der Waals surface area contributed by atoms with Crippen molar-refractivity contribution in [2.75, 3.05) is 19.6 Å². The minimum absolute atomic E-state index is 0. The minimum atomic E-state index is -0.405. The molecule has 25 heavy (non-hydrogen) atoms. The van der Waals surface area contributed by atoms with Gasteiger partial charge in [-0.3, -0.25) is 4.79 Å². The van der Waals surface area contributed by atoms with E-state index in [-0.39, 0.29) is 36.6 Å². The van der Waals surface area contributed by atoms with Crippen LogP contribution in [0.1, 0.15) is 23.0 Å². The molecule has 0 saturated carbocycles. The third kappa shape index (κ3) is 4.70. The van der Waals surface area contributed by atoms with Gasteiger partial charge in [-0.05, 0) is 18.6 Å². The second-order valence-corrected chi connectivity index (χ2v) is 5.65. The number of nitrogens with zero attached hydrogens (tertiary/aromatic N) is 3. The van der Waals surface area contributed by atoms with E-state index in [4.69, 9.17) is 0 Å². The van der Waals surface area contributed by atoms with E-state index in [1.54, 1.807) is 17.1 Å². The monoisotopic (exact) mass is 387 g/mol. The van der Waals surface area contributed by atoms with Crippen LogP contribution in [-0.2, 0) is 6.42 Å². The number of hydrogen-bond acceptors (Lipinski definition) is 5. The van der Waals surface area contributed by atoms with Crippen LogP contribution in [0.5, 0.6) is 0 Å². The molecule has 0 aromatic carbocycles. The molecule has 9 heteroatoms. The molecule has 0 spiro atoms. The Kier molecular flexibility index (Phi) is 8.31. The first kappa shape index (κ1) is 21.4. The molecule has 2 unspecified atom stereocenters. The van der Waals surface area contributed by atoms with Gasteiger partial charge >= 0.3 is 0 Å². The fourth-order valence-corrected chi connectivity index (χ4v) is 2.83. The van der Waals surface area contributed by atoms with E-state index in [0.29, 0.717) is 30.9 Å². The molecule has 1 aliphatic rings. The predicted octanol–water partition coefficient (Wildman–Crippen LogP) is 0.983. The summed E-state index contributed by atoms with van der Waals surface area (Å²) in [5.41, 5.74) is 1.38. The van der Waals surface area contributed by atoms with Crippen LogP contribution in [0.15, 0.2) is 30.6 Å². The molecule has 3 N–H and O–H groups in total. The predicted molar refractivity (Wildman–Crippen MR) is 99.9 cm³/mol. The van der Waals surface area contributed by atoms with Crippen LogP contribution in [0.4, 0.5) is 0 Å². The third-order valence-electron chi connectivity index (χ3n) is 4.14. The van der Waals surface area contributed by atoms with Crippen LogP contribution in [0.2, 0.25) is 0 Å². The van der Waals surface area contributed by atoms with Gasteiger partial charge in [0.2, 0.25) is 0 Å². The van der Waals surface area contributed by atoms with E-state index in [9.17, 15) is 9.90 Å². The Hall–Kier alpha value is -1.67. The Morgan fingerprint density at radius 1 is 1.40 bits per heavy atom. The van der Waals surface area contributed by atoms with Gasteiger partial charge in [0.25, 0.3) is 5.91 Å². The molecule has 3 rings (SSSR count). The maximum atomic E-state index is 12.4. The van der Waals surface area contributed by atoms with E-state index in [1.807, 2.05) is 25.1 Å². The zero-order valence-electron chi connectivity index (χ0n) is 13.9. The fraction of sp³-hybridized carbons (Fsp3) is 0.438. The molecule has 138 valence electrons. The second kappa shape index (κ2) is 9.72. The average molecular weight is 388 g/mol. The lowest BCUT2D eigenvalue weighted by Crippen LogP contribution is -2.34. The standard InChI is InChI=1S/C16H21N5O2.2ClH/c1-2-13-12(9-20-21(13)15-5-3-4-6-18-15)16(23)19-8-11-7-17-10-14(11)22;;/h3-6,9,11,14,17,22H,2,7-8,10H2,1H3,(H,19,23);2*1H. The lowest BCUT2D eigenvalue weighted by molar-refractivity contribution is 0.0926. The molecule has 0 bridgehead atoms. The number of halogens is 2. The summed E-state index contributed by atoms with van der Waals surface area (Å²) < 4.78 is 1.70. The summed E-state index contributed by atoms with van der Waals surface area (Å²) in [6, 6.07) is 5.58. The molecule has 7 nitrogen and oxygen atoms in total. The van der Waals surface area contributed by atoms with Crippen molar-refractivity contribution >= 4 is 30.7 Å². The highest BCUT2D eigenvalue weighted by Crippen LogP contribution is 2.15. The first-order valence-electron chi connectivity index (χ1n) is 7.86. The van der Waals surface area contributed by atoms with Gasteiger partial charge in [-0.2, -0.15) is 5.10 Å². The number of β-amino-alcohol motifs (C(OH)–C–C–N with tert-alkyl or cyclic N) is 1. The first-order chi connectivity index (χ1) is 11.2. The molecule has 2 aromatic heterocycles. The van der Waals surface area contributed by atoms with Crippen LogP contribution in [-0.4, -0.2) is 51.5 Å². The Morgan fingerprint density at radius 3 is 2.80 bits per heavy atom. The van der Waals surface area contributed by atoms with Crippen molar-refractivity contribution in [1.82, 2.24) is 25.4 Å². The number of rotatable bonds is 5. The highest BCUT2D eigenvalue weighted by molar-refractivity contribution is 5.95. The molecule has 3 heterocycles. The number of carbonyl (C=O) groups excluding carboxylic acids is 1. The SMILES string of the molecule is CCc1c(C(=O)NCC2CNCC2O)cnn1-c1ccccn1.Cl.Cl. The highest BCUT2D eigenvalue weighted by atomic mass is 35.5. The number of aromatic nitrogens is 3. The molecule has 0 radical (unpaired) electrons. The van der Waals surface area contributed by atoms with Crippen LogP contribution in [0.25, 0.3) is 5.82 Å². The van der Waals surface area contributed by atoms with Crippen molar-refractivity contribution in [3.05, 3.63) is 41.9 Å². The van der Waals surface area contributed by atoms with Gasteiger partial charge in [0, 0.05) is 31.7 Å². The van der Waals surface area contributed by atoms with E-state index in [0.717, 1.165) is 12.2 Å². The number of aliphatic hydroxyl groups excluding tert-OH is 1. The topological polar surface area (TPSA) is 92.1 Å². The molecule has 1 saturated heterocycles. The van der Waals surface area contributed by atoms with Crippen LogP contribution in [0.3, 0.4) is 0 Å². The van der Waals surface area contributed by atoms with Crippen molar-refractivity contribution in [3.8, 4) is 5.82 Å². The number of aliphatic hydroxyl groups is 1. The maximum Gasteiger partial charge on any atom is 0.254 e. The third-order valence-corrected chi connectivity index (χ3v) is 4.14. The molecular formula is C16H23Cl2N5O2. The Labute approximate surface area is 159 Å². The highest BCUT2D eigenvalue weighted by Gasteiger charge is 2.26. The molecule has 1 amide bonds. The minimum Gasteiger partial charge on any atom is -0.391 e. The van der Waals surface area contributed by atoms with Gasteiger partial charge in [0.1, 0.15) is 0 Å². The quantitative estimate of drug-likeness (QED) is 0.711. The van der Waals surface area contributed by atoms with Gasteiger partial charge in [-0.25, -0.2) is 9.67 Å². The van der Waals surface area contributed by atoms with Crippen LogP contribution >= 0.6 is 24.8 Å². The fourth-order valence-electron chi connectivity index (χ4n) is 2.83. The summed E-state index contributed by atoms with van der Waals surface area (Å²) in [5.74, 6) is 0.580. The molecule has 2 atom stereocenters. The summed E-state index contributed by atoms with van der Waals surface area (Å²) in [5, 5.41) is 20.1. The largest absolute Gasteiger partial charge is 0.391 e. The number of hydrogen-bond donors (Lipinski definition) is 3. The Balaban J connectivity index is 0.00000156. The molecule has 0 aliphatic carbocycles. The lowest BCUT2D eigenvalue weighted by Gasteiger charge is -2.14. The number of amides is 1. The van der Waals surface area contributed by atoms with Crippen LogP contribution in [0, 0.1) is 5.92 Å². The number of pyridine rings is 1. The smallest absolute Gasteiger partial charge is 0.254 e. The summed E-state index contributed by atoms with van der Waals surface area (Å²) in [6.07, 6.45) is 3.54. The van der Waals surface area contributed by atoms with Crippen molar-refractivity contribution in [3.63, 3.8) is 0 Å². The molecular weight excluding hydrogens is 365 g/mol. The molecule has 1 aliphatic heterocycles. The lowest BCUT2D eigenvalue weighted by atomic mass is 10.1. The zero-order valence-corrected chi connectivity index (χ0v) is 15.5. The van der Waals surface area contributed by atoms with Gasteiger partial charge in [-0.1, -0.05) is 13.0 Å². The van der Waals surface area contributed by atoms with Gasteiger partial charge in [0.15, 0.2) is 5.82 Å². The van der Waals surface area contributed by atoms with E-state index in [2.05, 4.69) is 20.7 Å². The van der Waals surface area contributed by atoms with E-state index < -0.39 is 6.10 Å². The maximum absolute atomic E-state index is 12.4. The zero-order chi connectivity index (χ0) is 16.2. The van der Waals surface area contributed by atoms with Gasteiger partial charge < -0.3 is 15.7 Å². The normalized spacial score (nSPS) is 19.0. The molecule has 1 fully saturated rings. The Morgan fingerprint density at radius 2 is 2.20 bits per heavy atom. The number of carbonyl (C=O) groups is 1. The van der Waals surface area contributed by atoms with Crippen molar-refractivity contribution in [2.45, 2.75) is 19.4 Å². The summed E-state index contributed by atoms with van der Waals surface area (Å²) in [7, 11) is 0. The molecule has 2 aromatic rings. The van der Waals surface area contributed by atoms with E-state index in [1.165, 1.54) is 0 Å². The average Bonchev–Trinajstić information content (AvgIpc) is 3.19. The second-order valence-electron chi connectivity index (χ2n) is 5.65. The first-order valence-corrected chi connectivity index (χ1v) is 7.86. The van der Waals surface area contributed by atoms with Crippen LogP contribution < -0.4 is 10.6 Å². The van der Waals surface area contributed by atoms with Crippen molar-refractivity contribution < 1.29 is 9.90 Å². The number of nitrogens with one attached hydrogen (secondary N) is 2. The van der Waals surface area contributed by atoms with E-state index >= 15 is 0 Å². The Bertz CT molecular complexity index is 680. The van der Waals surface area contributed by atoms with Gasteiger partial charge in [0.05, 0.1) is 23.6 Å². The van der Waals surface area contributed by atoms with Gasteiger partial charge in [-0.15, -0.1) is 24.8 Å². The summed E-state index contributed by atoms with van der Waals surface area (Å²) >= 11 is 0.